The Hall–Kier alpha value is -6.96. The molecule has 0 aromatic heterocycles. The number of carbonyl (C=O) groups excluding carboxylic acids is 8. The van der Waals surface area contributed by atoms with Gasteiger partial charge in [-0.25, -0.2) is 9.59 Å². The van der Waals surface area contributed by atoms with Crippen LogP contribution in [0.1, 0.15) is 99.5 Å². The molecule has 0 spiro atoms. The molecule has 430 valence electrons. The molecule has 3 aliphatic carbocycles. The van der Waals surface area contributed by atoms with Gasteiger partial charge in [0.2, 0.25) is 6.10 Å². The van der Waals surface area contributed by atoms with Gasteiger partial charge < -0.3 is 73.9 Å². The van der Waals surface area contributed by atoms with E-state index >= 15 is 9.59 Å². The summed E-state index contributed by atoms with van der Waals surface area (Å²) in [6.07, 6.45) is -22.3. The first-order chi connectivity index (χ1) is 37.8. The minimum Gasteiger partial charge on any atom is -0.456 e. The molecular weight excluding hydrogens is 1050 g/mol. The number of rotatable bonds is 16. The minimum absolute atomic E-state index is 0.0119. The highest BCUT2D eigenvalue weighted by molar-refractivity contribution is 5.96. The zero-order valence-corrected chi connectivity index (χ0v) is 44.6. The minimum atomic E-state index is -2.57. The second kappa shape index (κ2) is 23.3. The number of nitrogens with one attached hydrogen (secondary N) is 1. The van der Waals surface area contributed by atoms with E-state index in [4.69, 9.17) is 37.9 Å². The average molecular weight is 1120 g/mol. The fourth-order valence-corrected chi connectivity index (χ4v) is 12.1. The Morgan fingerprint density at radius 3 is 1.94 bits per heavy atom. The third-order valence-corrected chi connectivity index (χ3v) is 16.4. The molecule has 0 radical (unpaired) electrons. The molecule has 2 aliphatic heterocycles. The van der Waals surface area contributed by atoms with Gasteiger partial charge in [-0.05, 0) is 54.8 Å². The lowest BCUT2D eigenvalue weighted by molar-refractivity contribution is -0.346. The summed E-state index contributed by atoms with van der Waals surface area (Å²) in [4.78, 5) is 114. The van der Waals surface area contributed by atoms with E-state index in [9.17, 15) is 59.4 Å². The quantitative estimate of drug-likeness (QED) is 0.0606. The van der Waals surface area contributed by atoms with Crippen molar-refractivity contribution in [2.24, 2.45) is 16.7 Å². The van der Waals surface area contributed by atoms with Crippen LogP contribution in [0.2, 0.25) is 0 Å². The van der Waals surface area contributed by atoms with Gasteiger partial charge >= 0.3 is 35.8 Å². The van der Waals surface area contributed by atoms with Crippen LogP contribution in [-0.4, -0.2) is 170 Å². The Labute approximate surface area is 459 Å². The normalized spacial score (nSPS) is 33.0. The molecule has 23 nitrogen and oxygen atoms in total. The molecule has 23 heteroatoms. The molecule has 80 heavy (non-hydrogen) atoms. The van der Waals surface area contributed by atoms with Crippen molar-refractivity contribution in [1.29, 1.82) is 0 Å². The van der Waals surface area contributed by atoms with Gasteiger partial charge in [-0.15, -0.1) is 0 Å². The molecular formula is C57H65NO22. The zero-order chi connectivity index (χ0) is 58.2. The maximum atomic E-state index is 15.8. The summed E-state index contributed by atoms with van der Waals surface area (Å²) in [5, 5.41) is 69.8. The molecule has 2 heterocycles. The van der Waals surface area contributed by atoms with Crippen LogP contribution in [0.25, 0.3) is 0 Å². The number of fused-ring (bicyclic) bond motifs is 5. The summed E-state index contributed by atoms with van der Waals surface area (Å²) < 4.78 is 46.8. The van der Waals surface area contributed by atoms with Gasteiger partial charge in [-0.1, -0.05) is 80.6 Å². The number of hydrogen-bond donors (Lipinski definition) is 7. The van der Waals surface area contributed by atoms with E-state index in [2.05, 4.69) is 5.32 Å². The summed E-state index contributed by atoms with van der Waals surface area (Å²) in [6, 6.07) is 21.5. The number of aliphatic hydroxyl groups excluding tert-OH is 5. The van der Waals surface area contributed by atoms with Gasteiger partial charge in [0.15, 0.2) is 29.9 Å². The van der Waals surface area contributed by atoms with Crippen molar-refractivity contribution in [3.8, 4) is 0 Å². The molecule has 7 N–H and O–H groups in total. The molecule has 3 aromatic carbocycles. The van der Waals surface area contributed by atoms with Crippen molar-refractivity contribution in [2.45, 2.75) is 152 Å². The van der Waals surface area contributed by atoms with Crippen molar-refractivity contribution in [2.75, 3.05) is 13.2 Å². The monoisotopic (exact) mass is 1120 g/mol. The zero-order valence-electron chi connectivity index (χ0n) is 44.6. The predicted octanol–water partition coefficient (Wildman–Crippen LogP) is 1.41. The Morgan fingerprint density at radius 2 is 1.36 bits per heavy atom. The topological polar surface area (TPSA) is 344 Å². The summed E-state index contributed by atoms with van der Waals surface area (Å²) in [6.45, 7) is 6.66. The number of carbonyl (C=O) groups is 8. The number of Topliss-reactive ketones (excluding diaryl/α,β-unsaturated/α-hetero) is 1. The highest BCUT2D eigenvalue weighted by Crippen LogP contribution is 2.64. The lowest BCUT2D eigenvalue weighted by Crippen LogP contribution is -2.82. The SMILES string of the molecule is CC(=O)O[C@H]1C(=O)[C@@]2(C)C([C@H](OC(=O)c3ccccc3)[C@]3(O)C[C@H](OC(=O)[C@H](OC(=O)CCC(=O)O[C@H]4[C@H](O)[C@@H](CO)OC(O)[C@@H]4O)[C@@H](NC(=O)c4ccccc4)c4ccccc4)C(C)=C1C3(C)C)[C@]1(OC(C)=O)CO[C@@H]1C[C@@H]2O. The highest BCUT2D eigenvalue weighted by Gasteiger charge is 2.78. The summed E-state index contributed by atoms with van der Waals surface area (Å²) in [7, 11) is 0. The smallest absolute Gasteiger partial charge is 0.350 e. The van der Waals surface area contributed by atoms with E-state index in [0.29, 0.717) is 0 Å². The molecule has 4 fully saturated rings. The lowest BCUT2D eigenvalue weighted by atomic mass is 9.44. The van der Waals surface area contributed by atoms with Crippen molar-refractivity contribution < 1.29 is 107 Å². The van der Waals surface area contributed by atoms with Gasteiger partial charge in [0.25, 0.3) is 5.91 Å². The van der Waals surface area contributed by atoms with Crippen LogP contribution in [0.3, 0.4) is 0 Å². The second-order valence-electron chi connectivity index (χ2n) is 21.5. The third kappa shape index (κ3) is 10.9. The van der Waals surface area contributed by atoms with Gasteiger partial charge in [-0.2, -0.15) is 0 Å². The molecule has 2 unspecified atom stereocenters. The van der Waals surface area contributed by atoms with Crippen LogP contribution < -0.4 is 5.32 Å². The number of hydrogen-bond acceptors (Lipinski definition) is 22. The average Bonchev–Trinajstić information content (AvgIpc) is 3.61. The van der Waals surface area contributed by atoms with Crippen LogP contribution in [0.5, 0.6) is 0 Å². The largest absolute Gasteiger partial charge is 0.456 e. The summed E-state index contributed by atoms with van der Waals surface area (Å²) in [5.41, 5.74) is -8.28. The number of ether oxygens (including phenoxy) is 8. The number of benzene rings is 3. The highest BCUT2D eigenvalue weighted by atomic mass is 16.7. The van der Waals surface area contributed by atoms with Crippen LogP contribution in [-0.2, 0) is 66.7 Å². The van der Waals surface area contributed by atoms with Gasteiger partial charge in [0.05, 0.1) is 49.1 Å². The molecule has 2 bridgehead atoms. The van der Waals surface area contributed by atoms with Crippen molar-refractivity contribution in [1.82, 2.24) is 5.32 Å². The number of ketones is 1. The maximum absolute atomic E-state index is 15.8. The van der Waals surface area contributed by atoms with Crippen LogP contribution in [0.15, 0.2) is 102 Å². The summed E-state index contributed by atoms with van der Waals surface area (Å²) >= 11 is 0. The van der Waals surface area contributed by atoms with Crippen molar-refractivity contribution in [3.05, 3.63) is 119 Å². The first-order valence-corrected chi connectivity index (χ1v) is 26.0. The second-order valence-corrected chi connectivity index (χ2v) is 21.5. The van der Waals surface area contributed by atoms with E-state index < -0.39 is 181 Å². The van der Waals surface area contributed by atoms with Crippen LogP contribution >= 0.6 is 0 Å². The number of amides is 1. The van der Waals surface area contributed by atoms with Crippen LogP contribution in [0, 0.1) is 16.7 Å². The van der Waals surface area contributed by atoms with Gasteiger partial charge in [0.1, 0.15) is 48.3 Å². The maximum Gasteiger partial charge on any atom is 0.350 e. The van der Waals surface area contributed by atoms with E-state index in [1.54, 1.807) is 54.6 Å². The first-order valence-electron chi connectivity index (χ1n) is 26.0. The van der Waals surface area contributed by atoms with Crippen molar-refractivity contribution in [3.63, 3.8) is 0 Å². The van der Waals surface area contributed by atoms with E-state index in [1.807, 2.05) is 0 Å². The number of aliphatic hydroxyl groups is 6. The Morgan fingerprint density at radius 1 is 0.762 bits per heavy atom. The van der Waals surface area contributed by atoms with E-state index in [0.717, 1.165) is 13.8 Å². The summed E-state index contributed by atoms with van der Waals surface area (Å²) in [5.74, 6) is -10.1. The standard InChI is InChI=1S/C57H65NO22/c1-28-34(75-53(71)45(41(31-16-10-7-11-17-31)58-50(68)32-18-12-8-13-19-32)77-38(63)22-23-39(64)78-46-42(65)35(26-59)76-52(70)43(46)66)25-57(72)49(79-51(69)33-20-14-9-15-21-33)47-55(6,36(62)24-37-56(47,27-73-37)80-30(3)61)48(67)44(74-29(2)60)40(28)54(57,4)5/h7-21,34-37,41-47,49,52,59,62,65-66,70,72H,22-27H2,1-6H3,(H,58,68)/t34-,35+,36-,37+,41-,42+,43+,44+,45+,46-,47?,49-,52?,55+,56-,57+/m0/s1. The van der Waals surface area contributed by atoms with Crippen molar-refractivity contribution >= 4 is 47.5 Å². The fraction of sp³-hybridized carbons (Fsp3) is 0.509. The molecule has 3 aromatic rings. The molecule has 2 saturated heterocycles. The molecule has 2 saturated carbocycles. The molecule has 1 amide bonds. The third-order valence-electron chi connectivity index (χ3n) is 16.4. The van der Waals surface area contributed by atoms with E-state index in [-0.39, 0.29) is 34.3 Å². The fourth-order valence-electron chi connectivity index (χ4n) is 12.1. The van der Waals surface area contributed by atoms with Crippen LogP contribution in [0.4, 0.5) is 0 Å². The molecule has 8 rings (SSSR count). The lowest BCUT2D eigenvalue weighted by Gasteiger charge is -2.67. The molecule has 16 atom stereocenters. The Balaban J connectivity index is 1.23. The van der Waals surface area contributed by atoms with Gasteiger partial charge in [-0.3, -0.25) is 28.8 Å². The number of esters is 6. The molecule has 5 aliphatic rings. The first kappa shape index (κ1) is 59.2. The Bertz CT molecular complexity index is 2880. The Kier molecular flexibility index (Phi) is 17.2. The van der Waals surface area contributed by atoms with Gasteiger partial charge in [0, 0.05) is 37.7 Å². The van der Waals surface area contributed by atoms with E-state index in [1.165, 1.54) is 64.1 Å². The predicted molar refractivity (Wildman–Crippen MR) is 271 cm³/mol.